The minimum Gasteiger partial charge on any atom is -0.481 e. The van der Waals surface area contributed by atoms with E-state index in [0.29, 0.717) is 17.6 Å². The van der Waals surface area contributed by atoms with Crippen LogP contribution in [0.5, 0.6) is 5.88 Å². The fourth-order valence-corrected chi connectivity index (χ4v) is 4.24. The zero-order valence-electron chi connectivity index (χ0n) is 15.8. The highest BCUT2D eigenvalue weighted by Crippen LogP contribution is 2.31. The molecule has 2 aromatic heterocycles. The van der Waals surface area contributed by atoms with Gasteiger partial charge in [-0.25, -0.2) is 4.98 Å². The Morgan fingerprint density at radius 2 is 2.18 bits per heavy atom. The summed E-state index contributed by atoms with van der Waals surface area (Å²) in [5.74, 6) is 0.549. The predicted octanol–water partition coefficient (Wildman–Crippen LogP) is 1.55. The third-order valence-electron chi connectivity index (χ3n) is 4.93. The Kier molecular flexibility index (Phi) is 5.98. The summed E-state index contributed by atoms with van der Waals surface area (Å²) >= 11 is 1.40. The van der Waals surface area contributed by atoms with E-state index in [-0.39, 0.29) is 12.0 Å². The molecule has 28 heavy (non-hydrogen) atoms. The van der Waals surface area contributed by atoms with Gasteiger partial charge < -0.3 is 14.4 Å². The van der Waals surface area contributed by atoms with Crippen LogP contribution in [0.1, 0.15) is 24.0 Å². The van der Waals surface area contributed by atoms with E-state index in [1.807, 2.05) is 18.3 Å². The molecule has 1 amide bonds. The first-order chi connectivity index (χ1) is 13.7. The van der Waals surface area contributed by atoms with Crippen LogP contribution in [-0.4, -0.2) is 72.4 Å². The largest absolute Gasteiger partial charge is 0.481 e. The van der Waals surface area contributed by atoms with Crippen LogP contribution in [0.3, 0.4) is 0 Å². The highest BCUT2D eigenvalue weighted by atomic mass is 32.1. The molecule has 2 aromatic rings. The van der Waals surface area contributed by atoms with Crippen molar-refractivity contribution in [1.82, 2.24) is 20.1 Å². The molecule has 1 unspecified atom stereocenters. The Morgan fingerprint density at radius 3 is 2.86 bits per heavy atom. The fraction of sp³-hybridized carbons (Fsp3) is 0.556. The monoisotopic (exact) mass is 404 g/mol. The molecule has 2 fully saturated rings. The molecular formula is C18H24N6O3S. The van der Waals surface area contributed by atoms with Crippen LogP contribution in [0.2, 0.25) is 0 Å². The highest BCUT2D eigenvalue weighted by Gasteiger charge is 2.23. The van der Waals surface area contributed by atoms with E-state index in [4.69, 9.17) is 9.47 Å². The molecule has 150 valence electrons. The van der Waals surface area contributed by atoms with Crippen molar-refractivity contribution in [2.75, 3.05) is 56.7 Å². The molecule has 2 aliphatic heterocycles. The molecule has 9 nitrogen and oxygen atoms in total. The summed E-state index contributed by atoms with van der Waals surface area (Å²) in [5, 5.41) is 12.5. The first-order valence-corrected chi connectivity index (χ1v) is 10.2. The fourth-order valence-electron chi connectivity index (χ4n) is 3.39. The number of piperazine rings is 1. The van der Waals surface area contributed by atoms with Crippen LogP contribution in [0.4, 0.5) is 10.8 Å². The number of aromatic nitrogens is 3. The van der Waals surface area contributed by atoms with Crippen LogP contribution in [0.15, 0.2) is 18.3 Å². The van der Waals surface area contributed by atoms with Crippen LogP contribution < -0.4 is 15.0 Å². The van der Waals surface area contributed by atoms with Gasteiger partial charge in [0.15, 0.2) is 0 Å². The molecule has 0 bridgehead atoms. The summed E-state index contributed by atoms with van der Waals surface area (Å²) in [5.41, 5.74) is 1.07. The van der Waals surface area contributed by atoms with Gasteiger partial charge >= 0.3 is 0 Å². The maximum Gasteiger partial charge on any atom is 0.240 e. The minimum atomic E-state index is -0.0606. The average Bonchev–Trinajstić information content (AvgIpc) is 3.40. The summed E-state index contributed by atoms with van der Waals surface area (Å²) in [6.07, 6.45) is 3.87. The average molecular weight is 404 g/mol. The molecule has 0 aliphatic carbocycles. The number of pyridine rings is 1. The van der Waals surface area contributed by atoms with Crippen molar-refractivity contribution in [2.24, 2.45) is 0 Å². The lowest BCUT2D eigenvalue weighted by atomic mass is 10.2. The molecule has 4 rings (SSSR count). The van der Waals surface area contributed by atoms with Crippen molar-refractivity contribution in [3.63, 3.8) is 0 Å². The van der Waals surface area contributed by atoms with Gasteiger partial charge in [-0.3, -0.25) is 15.0 Å². The third kappa shape index (κ3) is 4.57. The van der Waals surface area contributed by atoms with Crippen LogP contribution >= 0.6 is 11.3 Å². The van der Waals surface area contributed by atoms with E-state index >= 15 is 0 Å². The topological polar surface area (TPSA) is 92.7 Å². The Bertz CT molecular complexity index is 785. The van der Waals surface area contributed by atoms with E-state index in [1.165, 1.54) is 11.3 Å². The standard InChI is InChI=1S/C18H24N6O3S/c1-26-16-5-4-13(11-19-16)24-8-6-23(7-9-24)12-15(25)20-18-22-21-17(28-18)14-3-2-10-27-14/h4-5,11,14H,2-3,6-10,12H2,1H3,(H,20,22,25). The lowest BCUT2D eigenvalue weighted by Gasteiger charge is -2.35. The van der Waals surface area contributed by atoms with E-state index in [1.54, 1.807) is 7.11 Å². The molecular weight excluding hydrogens is 380 g/mol. The van der Waals surface area contributed by atoms with Crippen LogP contribution in [-0.2, 0) is 9.53 Å². The van der Waals surface area contributed by atoms with Crippen molar-refractivity contribution < 1.29 is 14.3 Å². The quantitative estimate of drug-likeness (QED) is 0.775. The van der Waals surface area contributed by atoms with Gasteiger partial charge in [0, 0.05) is 38.9 Å². The van der Waals surface area contributed by atoms with Crippen molar-refractivity contribution in [3.8, 4) is 5.88 Å². The summed E-state index contributed by atoms with van der Waals surface area (Å²) in [7, 11) is 1.61. The molecule has 2 saturated heterocycles. The Balaban J connectivity index is 1.23. The van der Waals surface area contributed by atoms with E-state index in [0.717, 1.165) is 56.3 Å². The summed E-state index contributed by atoms with van der Waals surface area (Å²) in [6, 6.07) is 3.87. The zero-order chi connectivity index (χ0) is 19.3. The lowest BCUT2D eigenvalue weighted by molar-refractivity contribution is -0.117. The number of methoxy groups -OCH3 is 1. The molecule has 0 saturated carbocycles. The Hall–Kier alpha value is -2.30. The van der Waals surface area contributed by atoms with Crippen LogP contribution in [0, 0.1) is 0 Å². The summed E-state index contributed by atoms with van der Waals surface area (Å²) in [4.78, 5) is 21.0. The van der Waals surface area contributed by atoms with Crippen molar-refractivity contribution in [3.05, 3.63) is 23.3 Å². The normalized spacial score (nSPS) is 20.3. The van der Waals surface area contributed by atoms with Crippen molar-refractivity contribution in [2.45, 2.75) is 18.9 Å². The maximum absolute atomic E-state index is 12.4. The van der Waals surface area contributed by atoms with Gasteiger partial charge in [0.1, 0.15) is 11.1 Å². The maximum atomic E-state index is 12.4. The molecule has 0 spiro atoms. The predicted molar refractivity (Wildman–Crippen MR) is 106 cm³/mol. The molecule has 0 radical (unpaired) electrons. The molecule has 1 atom stereocenters. The van der Waals surface area contributed by atoms with Crippen molar-refractivity contribution >= 4 is 28.1 Å². The number of hydrogen-bond donors (Lipinski definition) is 1. The van der Waals surface area contributed by atoms with Gasteiger partial charge in [-0.15, -0.1) is 10.2 Å². The van der Waals surface area contributed by atoms with Gasteiger partial charge in [-0.1, -0.05) is 11.3 Å². The number of anilines is 2. The number of amides is 1. The lowest BCUT2D eigenvalue weighted by Crippen LogP contribution is -2.48. The molecule has 10 heteroatoms. The first-order valence-electron chi connectivity index (χ1n) is 9.43. The zero-order valence-corrected chi connectivity index (χ0v) is 16.7. The number of ether oxygens (including phenoxy) is 2. The van der Waals surface area contributed by atoms with Gasteiger partial charge in [0.25, 0.3) is 0 Å². The smallest absolute Gasteiger partial charge is 0.240 e. The number of rotatable bonds is 6. The first kappa shape index (κ1) is 19.0. The van der Waals surface area contributed by atoms with Gasteiger partial charge in [0.2, 0.25) is 16.9 Å². The minimum absolute atomic E-state index is 0.0312. The third-order valence-corrected chi connectivity index (χ3v) is 5.86. The number of nitrogens with zero attached hydrogens (tertiary/aromatic N) is 5. The Labute approximate surface area is 167 Å². The summed E-state index contributed by atoms with van der Waals surface area (Å²) < 4.78 is 10.7. The number of hydrogen-bond acceptors (Lipinski definition) is 9. The van der Waals surface area contributed by atoms with Crippen LogP contribution in [0.25, 0.3) is 0 Å². The van der Waals surface area contributed by atoms with E-state index < -0.39 is 0 Å². The summed E-state index contributed by atoms with van der Waals surface area (Å²) in [6.45, 7) is 4.45. The van der Waals surface area contributed by atoms with Gasteiger partial charge in [-0.05, 0) is 18.9 Å². The molecule has 1 N–H and O–H groups in total. The second-order valence-corrected chi connectivity index (χ2v) is 7.83. The highest BCUT2D eigenvalue weighted by molar-refractivity contribution is 7.15. The second-order valence-electron chi connectivity index (χ2n) is 6.82. The number of carbonyl (C=O) groups excluding carboxylic acids is 1. The molecule has 2 aliphatic rings. The van der Waals surface area contributed by atoms with Gasteiger partial charge in [-0.2, -0.15) is 0 Å². The molecule has 4 heterocycles. The van der Waals surface area contributed by atoms with E-state index in [9.17, 15) is 4.79 Å². The molecule has 0 aromatic carbocycles. The SMILES string of the molecule is COc1ccc(N2CCN(CC(=O)Nc3nnc(C4CCCO4)s3)CC2)cn1. The number of nitrogens with one attached hydrogen (secondary N) is 1. The number of carbonyl (C=O) groups is 1. The van der Waals surface area contributed by atoms with Gasteiger partial charge in [0.05, 0.1) is 25.5 Å². The Morgan fingerprint density at radius 1 is 1.32 bits per heavy atom. The van der Waals surface area contributed by atoms with E-state index in [2.05, 4.69) is 30.3 Å². The second kappa shape index (κ2) is 8.80. The van der Waals surface area contributed by atoms with Crippen molar-refractivity contribution in [1.29, 1.82) is 0 Å².